The summed E-state index contributed by atoms with van der Waals surface area (Å²) in [5.41, 5.74) is 1.74. The number of aryl methyl sites for hydroxylation is 1. The second kappa shape index (κ2) is 7.24. The van der Waals surface area contributed by atoms with Crippen LogP contribution >= 0.6 is 22.9 Å². The topological polar surface area (TPSA) is 55.4 Å². The van der Waals surface area contributed by atoms with E-state index in [1.165, 1.54) is 11.3 Å². The predicted octanol–water partition coefficient (Wildman–Crippen LogP) is 3.82. The van der Waals surface area contributed by atoms with Crippen LogP contribution in [0.5, 0.6) is 0 Å². The third-order valence-corrected chi connectivity index (χ3v) is 4.50. The molecule has 0 saturated carbocycles. The molecule has 2 rings (SSSR count). The van der Waals surface area contributed by atoms with E-state index in [2.05, 4.69) is 5.32 Å². The number of hydrogen-bond acceptors (Lipinski definition) is 4. The Morgan fingerprint density at radius 3 is 2.62 bits per heavy atom. The van der Waals surface area contributed by atoms with Crippen molar-refractivity contribution >= 4 is 34.8 Å². The van der Waals surface area contributed by atoms with Gasteiger partial charge in [0, 0.05) is 0 Å². The molecule has 0 aliphatic heterocycles. The van der Waals surface area contributed by atoms with Gasteiger partial charge in [-0.3, -0.25) is 4.79 Å². The van der Waals surface area contributed by atoms with Crippen LogP contribution in [0.2, 0.25) is 5.02 Å². The summed E-state index contributed by atoms with van der Waals surface area (Å²) < 4.78 is 5.02. The number of nitrogens with one attached hydrogen (secondary N) is 1. The molecule has 0 aliphatic carbocycles. The molecule has 1 aromatic carbocycles. The molecule has 0 spiro atoms. The van der Waals surface area contributed by atoms with Gasteiger partial charge in [-0.25, -0.2) is 4.79 Å². The van der Waals surface area contributed by atoms with E-state index in [1.807, 2.05) is 42.6 Å². The SMILES string of the molecule is Cc1csc(C(=O)CNC(=O)OCc2ccccc2)c1Cl. The maximum absolute atomic E-state index is 11.9. The van der Waals surface area contributed by atoms with Crippen molar-refractivity contribution in [3.05, 3.63) is 56.7 Å². The van der Waals surface area contributed by atoms with Crippen LogP contribution in [0.15, 0.2) is 35.7 Å². The summed E-state index contributed by atoms with van der Waals surface area (Å²) in [5.74, 6) is -0.227. The lowest BCUT2D eigenvalue weighted by molar-refractivity contribution is 0.0978. The van der Waals surface area contributed by atoms with Gasteiger partial charge in [0.1, 0.15) is 6.61 Å². The molecule has 6 heteroatoms. The number of rotatable bonds is 5. The summed E-state index contributed by atoms with van der Waals surface area (Å²) in [6.07, 6.45) is -0.628. The van der Waals surface area contributed by atoms with E-state index in [1.54, 1.807) is 0 Å². The molecule has 4 nitrogen and oxygen atoms in total. The number of ether oxygens (including phenoxy) is 1. The molecule has 0 radical (unpaired) electrons. The van der Waals surface area contributed by atoms with E-state index >= 15 is 0 Å². The number of carbonyl (C=O) groups excluding carboxylic acids is 2. The molecule has 1 aromatic heterocycles. The van der Waals surface area contributed by atoms with Crippen molar-refractivity contribution < 1.29 is 14.3 Å². The predicted molar refractivity (Wildman–Crippen MR) is 83.0 cm³/mol. The number of hydrogen-bond donors (Lipinski definition) is 1. The highest BCUT2D eigenvalue weighted by atomic mass is 35.5. The van der Waals surface area contributed by atoms with Crippen molar-refractivity contribution in [2.24, 2.45) is 0 Å². The Labute approximate surface area is 131 Å². The first kappa shape index (κ1) is 15.5. The fourth-order valence-electron chi connectivity index (χ4n) is 1.62. The van der Waals surface area contributed by atoms with Crippen molar-refractivity contribution in [1.29, 1.82) is 0 Å². The molecule has 1 amide bonds. The summed E-state index contributed by atoms with van der Waals surface area (Å²) in [6.45, 7) is 1.87. The molecule has 21 heavy (non-hydrogen) atoms. The first-order valence-electron chi connectivity index (χ1n) is 6.29. The molecule has 0 saturated heterocycles. The number of alkyl carbamates (subject to hydrolysis) is 1. The molecule has 0 fully saturated rings. The van der Waals surface area contributed by atoms with E-state index in [0.717, 1.165) is 11.1 Å². The second-order valence-electron chi connectivity index (χ2n) is 4.40. The average molecular weight is 324 g/mol. The number of amides is 1. The molecule has 0 atom stereocenters. The number of ketones is 1. The number of Topliss-reactive ketones (excluding diaryl/α,β-unsaturated/α-hetero) is 1. The van der Waals surface area contributed by atoms with Gasteiger partial charge >= 0.3 is 6.09 Å². The van der Waals surface area contributed by atoms with E-state index in [-0.39, 0.29) is 18.9 Å². The van der Waals surface area contributed by atoms with Gasteiger partial charge < -0.3 is 10.1 Å². The molecule has 0 aliphatic rings. The van der Waals surface area contributed by atoms with Crippen LogP contribution in [0.1, 0.15) is 20.8 Å². The Bertz CT molecular complexity index is 640. The fraction of sp³-hybridized carbons (Fsp3) is 0.200. The zero-order valence-electron chi connectivity index (χ0n) is 11.4. The largest absolute Gasteiger partial charge is 0.445 e. The van der Waals surface area contributed by atoms with Gasteiger partial charge in [-0.2, -0.15) is 0 Å². The Kier molecular flexibility index (Phi) is 5.36. The molecule has 2 aromatic rings. The highest BCUT2D eigenvalue weighted by molar-refractivity contribution is 7.13. The third kappa shape index (κ3) is 4.31. The monoisotopic (exact) mass is 323 g/mol. The number of halogens is 1. The summed E-state index contributed by atoms with van der Waals surface area (Å²) in [7, 11) is 0. The summed E-state index contributed by atoms with van der Waals surface area (Å²) in [4.78, 5) is 23.9. The lowest BCUT2D eigenvalue weighted by Gasteiger charge is -2.06. The van der Waals surface area contributed by atoms with Crippen molar-refractivity contribution in [3.8, 4) is 0 Å². The molecular formula is C15H14ClNO3S. The minimum atomic E-state index is -0.628. The fourth-order valence-corrected chi connectivity index (χ4v) is 2.86. The standard InChI is InChI=1S/C15H14ClNO3S/c1-10-9-21-14(13(10)16)12(18)7-17-15(19)20-8-11-5-3-2-4-6-11/h2-6,9H,7-8H2,1H3,(H,17,19). The van der Waals surface area contributed by atoms with Crippen LogP contribution in [0.4, 0.5) is 4.79 Å². The minimum Gasteiger partial charge on any atom is -0.445 e. The van der Waals surface area contributed by atoms with E-state index in [4.69, 9.17) is 16.3 Å². The molecule has 0 bridgehead atoms. The maximum Gasteiger partial charge on any atom is 0.407 e. The van der Waals surface area contributed by atoms with Gasteiger partial charge in [0.2, 0.25) is 0 Å². The van der Waals surface area contributed by atoms with Gasteiger partial charge in [0.05, 0.1) is 16.4 Å². The number of benzene rings is 1. The van der Waals surface area contributed by atoms with Gasteiger partial charge in [-0.05, 0) is 23.4 Å². The van der Waals surface area contributed by atoms with Gasteiger partial charge in [0.25, 0.3) is 0 Å². The number of carbonyl (C=O) groups is 2. The summed E-state index contributed by atoms with van der Waals surface area (Å²) in [6, 6.07) is 9.32. The van der Waals surface area contributed by atoms with Gasteiger partial charge in [-0.15, -0.1) is 11.3 Å². The lowest BCUT2D eigenvalue weighted by atomic mass is 10.2. The lowest BCUT2D eigenvalue weighted by Crippen LogP contribution is -2.29. The van der Waals surface area contributed by atoms with Crippen molar-refractivity contribution in [2.75, 3.05) is 6.54 Å². The zero-order valence-corrected chi connectivity index (χ0v) is 13.0. The molecule has 0 unspecified atom stereocenters. The van der Waals surface area contributed by atoms with Crippen LogP contribution in [-0.2, 0) is 11.3 Å². The number of thiophene rings is 1. The first-order chi connectivity index (χ1) is 10.1. The molecular weight excluding hydrogens is 310 g/mol. The highest BCUT2D eigenvalue weighted by Gasteiger charge is 2.15. The minimum absolute atomic E-state index is 0.132. The van der Waals surface area contributed by atoms with Crippen molar-refractivity contribution in [3.63, 3.8) is 0 Å². The van der Waals surface area contributed by atoms with Gasteiger partial charge in [0.15, 0.2) is 5.78 Å². The zero-order chi connectivity index (χ0) is 15.2. The van der Waals surface area contributed by atoms with Crippen LogP contribution in [0.3, 0.4) is 0 Å². The van der Waals surface area contributed by atoms with Crippen LogP contribution in [0, 0.1) is 6.92 Å². The first-order valence-corrected chi connectivity index (χ1v) is 7.55. The van der Waals surface area contributed by atoms with E-state index in [0.29, 0.717) is 9.90 Å². The Morgan fingerprint density at radius 1 is 1.29 bits per heavy atom. The van der Waals surface area contributed by atoms with Crippen molar-refractivity contribution in [1.82, 2.24) is 5.32 Å². The van der Waals surface area contributed by atoms with Gasteiger partial charge in [-0.1, -0.05) is 41.9 Å². The van der Waals surface area contributed by atoms with E-state index in [9.17, 15) is 9.59 Å². The maximum atomic E-state index is 11.9. The Hall–Kier alpha value is -1.85. The second-order valence-corrected chi connectivity index (χ2v) is 5.66. The third-order valence-electron chi connectivity index (χ3n) is 2.76. The summed E-state index contributed by atoms with van der Waals surface area (Å²) in [5, 5.41) is 4.68. The van der Waals surface area contributed by atoms with Crippen LogP contribution < -0.4 is 5.32 Å². The van der Waals surface area contributed by atoms with Crippen LogP contribution in [-0.4, -0.2) is 18.4 Å². The van der Waals surface area contributed by atoms with Crippen LogP contribution in [0.25, 0.3) is 0 Å². The average Bonchev–Trinajstić information content (AvgIpc) is 2.83. The molecule has 110 valence electrons. The highest BCUT2D eigenvalue weighted by Crippen LogP contribution is 2.27. The normalized spacial score (nSPS) is 10.2. The Morgan fingerprint density at radius 2 is 2.00 bits per heavy atom. The summed E-state index contributed by atoms with van der Waals surface area (Å²) >= 11 is 7.28. The van der Waals surface area contributed by atoms with Crippen molar-refractivity contribution in [2.45, 2.75) is 13.5 Å². The smallest absolute Gasteiger partial charge is 0.407 e. The molecule has 1 heterocycles. The quantitative estimate of drug-likeness (QED) is 0.851. The van der Waals surface area contributed by atoms with E-state index < -0.39 is 6.09 Å². The Balaban J connectivity index is 1.79. The molecule has 1 N–H and O–H groups in total.